The summed E-state index contributed by atoms with van der Waals surface area (Å²) in [4.78, 5) is 22.7. The van der Waals surface area contributed by atoms with Crippen molar-refractivity contribution in [1.82, 2.24) is 9.97 Å². The van der Waals surface area contributed by atoms with Crippen LogP contribution in [0.4, 0.5) is 5.95 Å². The molecule has 1 aromatic rings. The normalized spacial score (nSPS) is 18.7. The summed E-state index contributed by atoms with van der Waals surface area (Å²) in [5, 5.41) is 0. The summed E-state index contributed by atoms with van der Waals surface area (Å²) >= 11 is 4.96. The standard InChI is InChI=1S/C13H18N4O2S/c1-8-6-10(11(14)20)16-13(15-8)17-5-3-4-9(7-17)12(18)19-2/h6,9H,3-5,7H2,1-2H3,(H2,14,20). The number of carbonyl (C=O) groups excluding carboxylic acids is 1. The minimum atomic E-state index is -0.183. The van der Waals surface area contributed by atoms with Crippen molar-refractivity contribution in [3.8, 4) is 0 Å². The summed E-state index contributed by atoms with van der Waals surface area (Å²) < 4.78 is 4.81. The molecule has 0 aliphatic carbocycles. The predicted octanol–water partition coefficient (Wildman–Crippen LogP) is 0.809. The van der Waals surface area contributed by atoms with Crippen molar-refractivity contribution in [2.75, 3.05) is 25.1 Å². The zero-order chi connectivity index (χ0) is 14.7. The summed E-state index contributed by atoms with van der Waals surface area (Å²) in [5.74, 6) is 0.254. The van der Waals surface area contributed by atoms with E-state index in [4.69, 9.17) is 22.7 Å². The molecular formula is C13H18N4O2S. The minimum Gasteiger partial charge on any atom is -0.469 e. The Bertz CT molecular complexity index is 535. The van der Waals surface area contributed by atoms with Crippen LogP contribution >= 0.6 is 12.2 Å². The Morgan fingerprint density at radius 3 is 2.95 bits per heavy atom. The van der Waals surface area contributed by atoms with Crippen LogP contribution in [0.3, 0.4) is 0 Å². The van der Waals surface area contributed by atoms with Gasteiger partial charge in [0.1, 0.15) is 10.7 Å². The topological polar surface area (TPSA) is 81.3 Å². The van der Waals surface area contributed by atoms with E-state index in [-0.39, 0.29) is 16.9 Å². The molecule has 108 valence electrons. The first kappa shape index (κ1) is 14.6. The van der Waals surface area contributed by atoms with E-state index in [0.717, 1.165) is 25.1 Å². The highest BCUT2D eigenvalue weighted by molar-refractivity contribution is 7.80. The van der Waals surface area contributed by atoms with Crippen molar-refractivity contribution in [1.29, 1.82) is 0 Å². The number of aryl methyl sites for hydroxylation is 1. The van der Waals surface area contributed by atoms with Crippen molar-refractivity contribution in [2.45, 2.75) is 19.8 Å². The third kappa shape index (κ3) is 3.22. The van der Waals surface area contributed by atoms with Gasteiger partial charge < -0.3 is 15.4 Å². The number of ether oxygens (including phenoxy) is 1. The van der Waals surface area contributed by atoms with Gasteiger partial charge in [-0.1, -0.05) is 12.2 Å². The van der Waals surface area contributed by atoms with Gasteiger partial charge in [-0.15, -0.1) is 0 Å². The lowest BCUT2D eigenvalue weighted by Crippen LogP contribution is -2.40. The van der Waals surface area contributed by atoms with Crippen LogP contribution in [0, 0.1) is 12.8 Å². The number of methoxy groups -OCH3 is 1. The van der Waals surface area contributed by atoms with Gasteiger partial charge in [0.05, 0.1) is 13.0 Å². The highest BCUT2D eigenvalue weighted by Gasteiger charge is 2.28. The lowest BCUT2D eigenvalue weighted by molar-refractivity contribution is -0.145. The maximum atomic E-state index is 11.7. The number of esters is 1. The highest BCUT2D eigenvalue weighted by atomic mass is 32.1. The highest BCUT2D eigenvalue weighted by Crippen LogP contribution is 2.21. The van der Waals surface area contributed by atoms with Crippen molar-refractivity contribution in [3.63, 3.8) is 0 Å². The number of anilines is 1. The summed E-state index contributed by atoms with van der Waals surface area (Å²) in [6, 6.07) is 1.76. The van der Waals surface area contributed by atoms with E-state index in [1.807, 2.05) is 11.8 Å². The van der Waals surface area contributed by atoms with Crippen LogP contribution < -0.4 is 10.6 Å². The van der Waals surface area contributed by atoms with E-state index in [1.165, 1.54) is 7.11 Å². The van der Waals surface area contributed by atoms with Gasteiger partial charge in [-0.05, 0) is 25.8 Å². The molecule has 20 heavy (non-hydrogen) atoms. The van der Waals surface area contributed by atoms with Gasteiger partial charge in [0, 0.05) is 18.8 Å². The van der Waals surface area contributed by atoms with Gasteiger partial charge in [-0.3, -0.25) is 4.79 Å². The van der Waals surface area contributed by atoms with Gasteiger partial charge in [0.2, 0.25) is 5.95 Å². The molecule has 1 fully saturated rings. The van der Waals surface area contributed by atoms with Crippen LogP contribution in [0.5, 0.6) is 0 Å². The third-order valence-corrected chi connectivity index (χ3v) is 3.54. The van der Waals surface area contributed by atoms with E-state index in [0.29, 0.717) is 18.2 Å². The van der Waals surface area contributed by atoms with Crippen LogP contribution in [0.2, 0.25) is 0 Å². The number of hydrogen-bond acceptors (Lipinski definition) is 6. The first-order valence-electron chi connectivity index (χ1n) is 6.49. The van der Waals surface area contributed by atoms with Crippen LogP contribution in [0.1, 0.15) is 24.2 Å². The van der Waals surface area contributed by atoms with E-state index >= 15 is 0 Å². The first-order chi connectivity index (χ1) is 9.51. The Hall–Kier alpha value is -1.76. The second-order valence-electron chi connectivity index (χ2n) is 4.87. The van der Waals surface area contributed by atoms with E-state index < -0.39 is 0 Å². The van der Waals surface area contributed by atoms with Gasteiger partial charge in [-0.25, -0.2) is 9.97 Å². The number of nitrogens with zero attached hydrogens (tertiary/aromatic N) is 3. The Balaban J connectivity index is 2.22. The smallest absolute Gasteiger partial charge is 0.310 e. The largest absolute Gasteiger partial charge is 0.469 e. The molecule has 0 spiro atoms. The molecule has 0 aromatic carbocycles. The molecule has 2 rings (SSSR count). The Labute approximate surface area is 123 Å². The van der Waals surface area contributed by atoms with Crippen molar-refractivity contribution < 1.29 is 9.53 Å². The van der Waals surface area contributed by atoms with Crippen LogP contribution in [-0.2, 0) is 9.53 Å². The van der Waals surface area contributed by atoms with Crippen molar-refractivity contribution in [2.24, 2.45) is 11.7 Å². The molecule has 1 aromatic heterocycles. The number of carbonyl (C=O) groups is 1. The number of hydrogen-bond donors (Lipinski definition) is 1. The maximum absolute atomic E-state index is 11.7. The Morgan fingerprint density at radius 2 is 2.30 bits per heavy atom. The average Bonchev–Trinajstić information content (AvgIpc) is 2.45. The molecule has 0 radical (unpaired) electrons. The number of rotatable bonds is 3. The first-order valence-corrected chi connectivity index (χ1v) is 6.90. The fraction of sp³-hybridized carbons (Fsp3) is 0.538. The van der Waals surface area contributed by atoms with Crippen LogP contribution in [0.15, 0.2) is 6.07 Å². The molecule has 2 N–H and O–H groups in total. The number of aromatic nitrogens is 2. The summed E-state index contributed by atoms with van der Waals surface area (Å²) in [7, 11) is 1.41. The molecule has 7 heteroatoms. The Kier molecular flexibility index (Phi) is 4.49. The van der Waals surface area contributed by atoms with Crippen LogP contribution in [-0.4, -0.2) is 41.1 Å². The molecule has 1 aliphatic rings. The lowest BCUT2D eigenvalue weighted by Gasteiger charge is -2.31. The minimum absolute atomic E-state index is 0.133. The number of nitrogens with two attached hydrogens (primary N) is 1. The van der Waals surface area contributed by atoms with Crippen molar-refractivity contribution in [3.05, 3.63) is 17.5 Å². The molecule has 0 saturated carbocycles. The Morgan fingerprint density at radius 1 is 1.55 bits per heavy atom. The van der Waals surface area contributed by atoms with E-state index in [1.54, 1.807) is 6.07 Å². The van der Waals surface area contributed by atoms with Gasteiger partial charge >= 0.3 is 5.97 Å². The number of thiocarbonyl (C=S) groups is 1. The van der Waals surface area contributed by atoms with Crippen molar-refractivity contribution >= 4 is 29.1 Å². The quantitative estimate of drug-likeness (QED) is 0.652. The molecule has 6 nitrogen and oxygen atoms in total. The molecule has 1 atom stereocenters. The molecule has 1 aliphatic heterocycles. The fourth-order valence-corrected chi connectivity index (χ4v) is 2.44. The zero-order valence-electron chi connectivity index (χ0n) is 11.6. The second-order valence-corrected chi connectivity index (χ2v) is 5.31. The molecule has 1 saturated heterocycles. The SMILES string of the molecule is COC(=O)C1CCCN(c2nc(C)cc(C(N)=S)n2)C1. The van der Waals surface area contributed by atoms with Crippen LogP contribution in [0.25, 0.3) is 0 Å². The molecule has 2 heterocycles. The van der Waals surface area contributed by atoms with Gasteiger partial charge in [-0.2, -0.15) is 0 Å². The monoisotopic (exact) mass is 294 g/mol. The number of piperidine rings is 1. The summed E-state index contributed by atoms with van der Waals surface area (Å²) in [6.07, 6.45) is 1.73. The fourth-order valence-electron chi connectivity index (χ4n) is 2.34. The molecule has 0 amide bonds. The molecule has 1 unspecified atom stereocenters. The average molecular weight is 294 g/mol. The van der Waals surface area contributed by atoms with E-state index in [9.17, 15) is 4.79 Å². The predicted molar refractivity (Wildman–Crippen MR) is 79.6 cm³/mol. The second kappa shape index (κ2) is 6.13. The van der Waals surface area contributed by atoms with Gasteiger partial charge in [0.15, 0.2) is 0 Å². The maximum Gasteiger partial charge on any atom is 0.310 e. The third-order valence-electron chi connectivity index (χ3n) is 3.33. The molecular weight excluding hydrogens is 276 g/mol. The zero-order valence-corrected chi connectivity index (χ0v) is 12.4. The van der Waals surface area contributed by atoms with Gasteiger partial charge in [0.25, 0.3) is 0 Å². The summed E-state index contributed by atoms with van der Waals surface area (Å²) in [5.41, 5.74) is 6.99. The molecule has 0 bridgehead atoms. The lowest BCUT2D eigenvalue weighted by atomic mass is 9.98. The summed E-state index contributed by atoms with van der Waals surface area (Å²) in [6.45, 7) is 3.25. The van der Waals surface area contributed by atoms with E-state index in [2.05, 4.69) is 9.97 Å².